The Kier molecular flexibility index (Phi) is 13.7. The SMILES string of the molecule is COc1ccc2cc(C3C[C@H]4C=Nc5cc(OC)c(OCc6cn(CCOCCOCCOCCCC(=O)CCN7C(=O)C=CC7=O)nn6)cc5C(=O)N4C3)ccc2c1. The first-order chi connectivity index (χ1) is 28.8. The Labute approximate surface area is 341 Å². The molecule has 3 aliphatic rings. The summed E-state index contributed by atoms with van der Waals surface area (Å²) in [6.07, 6.45) is 7.88. The van der Waals surface area contributed by atoms with Crippen LogP contribution in [0.3, 0.4) is 0 Å². The third-order valence-corrected chi connectivity index (χ3v) is 10.5. The maximum Gasteiger partial charge on any atom is 0.256 e. The summed E-state index contributed by atoms with van der Waals surface area (Å²) in [7, 11) is 3.22. The van der Waals surface area contributed by atoms with Crippen LogP contribution in [0.2, 0.25) is 0 Å². The van der Waals surface area contributed by atoms with Crippen molar-refractivity contribution in [2.75, 3.05) is 67.0 Å². The largest absolute Gasteiger partial charge is 0.497 e. The van der Waals surface area contributed by atoms with Crippen LogP contribution >= 0.6 is 0 Å². The summed E-state index contributed by atoms with van der Waals surface area (Å²) in [6, 6.07) is 15.8. The smallest absolute Gasteiger partial charge is 0.256 e. The van der Waals surface area contributed by atoms with Crippen LogP contribution in [0.15, 0.2) is 71.9 Å². The number of rotatable bonds is 22. The number of aromatic nitrogens is 3. The van der Waals surface area contributed by atoms with E-state index < -0.39 is 0 Å². The minimum Gasteiger partial charge on any atom is -0.497 e. The first kappa shape index (κ1) is 41.2. The summed E-state index contributed by atoms with van der Waals surface area (Å²) in [4.78, 5) is 56.8. The van der Waals surface area contributed by atoms with Crippen molar-refractivity contribution in [3.05, 3.63) is 83.7 Å². The molecule has 0 radical (unpaired) electrons. The lowest BCUT2D eigenvalue weighted by Gasteiger charge is -2.21. The third-order valence-electron chi connectivity index (χ3n) is 10.5. The summed E-state index contributed by atoms with van der Waals surface area (Å²) in [5, 5.41) is 10.6. The van der Waals surface area contributed by atoms with E-state index in [1.165, 1.54) is 17.7 Å². The number of hydrogen-bond donors (Lipinski definition) is 0. The average Bonchev–Trinajstić information content (AvgIpc) is 3.97. The first-order valence-corrected chi connectivity index (χ1v) is 19.7. The Morgan fingerprint density at radius 2 is 1.54 bits per heavy atom. The normalized spacial score (nSPS) is 17.2. The number of imide groups is 1. The summed E-state index contributed by atoms with van der Waals surface area (Å²) in [5.41, 5.74) is 2.78. The highest BCUT2D eigenvalue weighted by atomic mass is 16.5. The van der Waals surface area contributed by atoms with Gasteiger partial charge >= 0.3 is 0 Å². The van der Waals surface area contributed by atoms with Crippen LogP contribution in [0.5, 0.6) is 17.2 Å². The lowest BCUT2D eigenvalue weighted by atomic mass is 9.94. The number of Topliss-reactive ketones (excluding diaryl/α,β-unsaturated/α-hetero) is 1. The van der Waals surface area contributed by atoms with Crippen molar-refractivity contribution in [1.82, 2.24) is 24.8 Å². The molecule has 3 aromatic carbocycles. The Balaban J connectivity index is 0.791. The molecule has 3 amide bonds. The Morgan fingerprint density at radius 1 is 0.797 bits per heavy atom. The molecule has 16 heteroatoms. The molecule has 0 bridgehead atoms. The van der Waals surface area contributed by atoms with Gasteiger partial charge in [0, 0.05) is 62.9 Å². The Hall–Kier alpha value is -5.97. The fraction of sp³-hybridized carbons (Fsp3) is 0.419. The van der Waals surface area contributed by atoms with Crippen molar-refractivity contribution < 1.29 is 47.6 Å². The zero-order valence-electron chi connectivity index (χ0n) is 33.2. The van der Waals surface area contributed by atoms with Gasteiger partial charge in [0.15, 0.2) is 11.5 Å². The number of methoxy groups -OCH3 is 2. The van der Waals surface area contributed by atoms with Crippen LogP contribution in [-0.4, -0.2) is 128 Å². The summed E-state index contributed by atoms with van der Waals surface area (Å²) in [6.45, 7) is 3.70. The van der Waals surface area contributed by atoms with Gasteiger partial charge in [-0.2, -0.15) is 0 Å². The molecular weight excluding hydrogens is 761 g/mol. The summed E-state index contributed by atoms with van der Waals surface area (Å²) in [5.74, 6) is 0.992. The van der Waals surface area contributed by atoms with Crippen LogP contribution in [0.25, 0.3) is 10.8 Å². The molecule has 1 unspecified atom stereocenters. The molecule has 3 aliphatic heterocycles. The topological polar surface area (TPSA) is 173 Å². The fourth-order valence-electron chi connectivity index (χ4n) is 7.28. The van der Waals surface area contributed by atoms with Crippen molar-refractivity contribution in [1.29, 1.82) is 0 Å². The van der Waals surface area contributed by atoms with E-state index in [1.807, 2.05) is 23.2 Å². The summed E-state index contributed by atoms with van der Waals surface area (Å²) >= 11 is 0. The van der Waals surface area contributed by atoms with Crippen molar-refractivity contribution >= 4 is 46.2 Å². The van der Waals surface area contributed by atoms with E-state index in [0.717, 1.165) is 27.8 Å². The molecule has 16 nitrogen and oxygen atoms in total. The van der Waals surface area contributed by atoms with Crippen molar-refractivity contribution in [3.8, 4) is 17.2 Å². The van der Waals surface area contributed by atoms with Crippen LogP contribution < -0.4 is 14.2 Å². The summed E-state index contributed by atoms with van der Waals surface area (Å²) < 4.78 is 35.5. The predicted molar refractivity (Wildman–Crippen MR) is 215 cm³/mol. The third kappa shape index (κ3) is 10.4. The molecule has 310 valence electrons. The average molecular weight is 809 g/mol. The minimum absolute atomic E-state index is 0.0173. The second-order valence-corrected chi connectivity index (χ2v) is 14.4. The molecule has 2 atom stereocenters. The second-order valence-electron chi connectivity index (χ2n) is 14.4. The lowest BCUT2D eigenvalue weighted by molar-refractivity contribution is -0.137. The van der Waals surface area contributed by atoms with E-state index in [-0.39, 0.29) is 55.0 Å². The predicted octanol–water partition coefficient (Wildman–Crippen LogP) is 4.46. The van der Waals surface area contributed by atoms with E-state index in [4.69, 9.17) is 33.4 Å². The van der Waals surface area contributed by atoms with Crippen LogP contribution in [0, 0.1) is 0 Å². The van der Waals surface area contributed by atoms with Gasteiger partial charge < -0.3 is 33.3 Å². The highest BCUT2D eigenvalue weighted by Gasteiger charge is 2.38. The van der Waals surface area contributed by atoms with E-state index >= 15 is 0 Å². The van der Waals surface area contributed by atoms with Crippen LogP contribution in [0.1, 0.15) is 53.2 Å². The van der Waals surface area contributed by atoms with Gasteiger partial charge in [-0.25, -0.2) is 4.68 Å². The van der Waals surface area contributed by atoms with E-state index in [1.54, 1.807) is 37.2 Å². The van der Waals surface area contributed by atoms with E-state index in [0.29, 0.717) is 94.0 Å². The number of ether oxygens (including phenoxy) is 6. The number of benzene rings is 3. The highest BCUT2D eigenvalue weighted by Crippen LogP contribution is 2.41. The van der Waals surface area contributed by atoms with Gasteiger partial charge in [0.05, 0.1) is 77.3 Å². The molecule has 0 saturated carbocycles. The standard InChI is InChI=1S/C43H48N6O10/c1-54-36-8-7-29-20-30(5-6-31(29)22-36)32-21-34-25-44-38-24-39(55-2)40(23-37(38)43(53)49(34)26-32)59-28-33-27-47(46-45-33)13-15-57-17-19-58-18-16-56-14-3-4-35(50)11-12-48-41(51)9-10-42(48)52/h5-10,20,22-25,27,32,34H,3-4,11-19,21,26,28H2,1-2H3/t32?,34-/m0/s1. The zero-order chi connectivity index (χ0) is 41.1. The monoisotopic (exact) mass is 808 g/mol. The number of aliphatic imine (C=N–C) groups is 1. The number of carbonyl (C=O) groups excluding carboxylic acids is 4. The van der Waals surface area contributed by atoms with Crippen molar-refractivity contribution in [2.45, 2.75) is 50.8 Å². The van der Waals surface area contributed by atoms with Crippen LogP contribution in [0.4, 0.5) is 5.69 Å². The van der Waals surface area contributed by atoms with Gasteiger partial charge in [0.2, 0.25) is 0 Å². The maximum absolute atomic E-state index is 14.0. The Morgan fingerprint density at radius 3 is 2.32 bits per heavy atom. The van der Waals surface area contributed by atoms with Gasteiger partial charge in [-0.1, -0.05) is 29.5 Å². The number of nitrogens with zero attached hydrogens (tertiary/aromatic N) is 6. The number of carbonyl (C=O) groups is 4. The van der Waals surface area contributed by atoms with Crippen LogP contribution in [-0.2, 0) is 41.7 Å². The van der Waals surface area contributed by atoms with Gasteiger partial charge in [-0.3, -0.25) is 29.1 Å². The number of fused-ring (bicyclic) bond motifs is 3. The molecular formula is C43H48N6O10. The minimum atomic E-state index is -0.379. The van der Waals surface area contributed by atoms with Gasteiger partial charge in [0.1, 0.15) is 23.8 Å². The molecule has 0 spiro atoms. The molecule has 4 aromatic rings. The van der Waals surface area contributed by atoms with Gasteiger partial charge in [-0.15, -0.1) is 5.10 Å². The molecule has 1 fully saturated rings. The van der Waals surface area contributed by atoms with E-state index in [2.05, 4.69) is 34.6 Å². The van der Waals surface area contributed by atoms with Crippen molar-refractivity contribution in [2.24, 2.45) is 4.99 Å². The fourth-order valence-corrected chi connectivity index (χ4v) is 7.28. The zero-order valence-corrected chi connectivity index (χ0v) is 33.2. The molecule has 0 N–H and O–H groups in total. The lowest BCUT2D eigenvalue weighted by Crippen LogP contribution is -2.35. The number of amides is 3. The molecule has 4 heterocycles. The molecule has 1 saturated heterocycles. The molecule has 7 rings (SSSR count). The highest BCUT2D eigenvalue weighted by molar-refractivity contribution is 6.13. The second kappa shape index (κ2) is 19.7. The Bertz CT molecular complexity index is 2200. The molecule has 59 heavy (non-hydrogen) atoms. The first-order valence-electron chi connectivity index (χ1n) is 19.7. The van der Waals surface area contributed by atoms with E-state index in [9.17, 15) is 19.2 Å². The number of hydrogen-bond acceptors (Lipinski definition) is 13. The van der Waals surface area contributed by atoms with Crippen molar-refractivity contribution in [3.63, 3.8) is 0 Å². The van der Waals surface area contributed by atoms with Gasteiger partial charge in [0.25, 0.3) is 17.7 Å². The molecule has 0 aliphatic carbocycles. The quantitative estimate of drug-likeness (QED) is 0.0808. The van der Waals surface area contributed by atoms with Gasteiger partial charge in [-0.05, 0) is 47.4 Å². The number of ketones is 1. The maximum atomic E-state index is 14.0. The molecule has 1 aromatic heterocycles.